The third kappa shape index (κ3) is 5.57. The number of Topliss-reactive ketones (excluding diaryl/α,β-unsaturated/α-hetero) is 1. The number of nitrogens with zero attached hydrogens (tertiary/aromatic N) is 5. The van der Waals surface area contributed by atoms with Gasteiger partial charge in [-0.2, -0.15) is 13.2 Å². The summed E-state index contributed by atoms with van der Waals surface area (Å²) in [5.74, 6) is 0.803. The van der Waals surface area contributed by atoms with Gasteiger partial charge in [-0.3, -0.25) is 15.0 Å². The van der Waals surface area contributed by atoms with E-state index in [2.05, 4.69) is 25.4 Å². The first-order valence-corrected chi connectivity index (χ1v) is 12.4. The molecule has 0 amide bonds. The fourth-order valence-corrected chi connectivity index (χ4v) is 5.55. The number of benzene rings is 1. The summed E-state index contributed by atoms with van der Waals surface area (Å²) in [5, 5.41) is 10.9. The number of thioether (sulfide) groups is 1. The highest BCUT2D eigenvalue weighted by Gasteiger charge is 2.38. The van der Waals surface area contributed by atoms with E-state index in [0.717, 1.165) is 11.0 Å². The molecule has 0 aliphatic carbocycles. The summed E-state index contributed by atoms with van der Waals surface area (Å²) in [6, 6.07) is 5.30. The minimum atomic E-state index is -4.46. The number of hydrogen-bond donors (Lipinski definition) is 1. The number of nitrogens with one attached hydrogen (secondary N) is 1. The van der Waals surface area contributed by atoms with Gasteiger partial charge in [0.15, 0.2) is 5.50 Å². The van der Waals surface area contributed by atoms with Gasteiger partial charge in [0, 0.05) is 26.2 Å². The van der Waals surface area contributed by atoms with Crippen LogP contribution >= 0.6 is 11.8 Å². The van der Waals surface area contributed by atoms with E-state index < -0.39 is 11.7 Å². The van der Waals surface area contributed by atoms with E-state index in [0.29, 0.717) is 56.6 Å². The second kappa shape index (κ2) is 10.2. The van der Waals surface area contributed by atoms with Crippen LogP contribution in [0.15, 0.2) is 44.8 Å². The number of allylic oxidation sites excluding steroid dienone is 1. The topological polar surface area (TPSA) is 96.1 Å². The van der Waals surface area contributed by atoms with Crippen LogP contribution in [0.25, 0.3) is 0 Å². The van der Waals surface area contributed by atoms with Crippen molar-refractivity contribution in [3.8, 4) is 5.75 Å². The summed E-state index contributed by atoms with van der Waals surface area (Å²) < 4.78 is 50.9. The predicted octanol–water partition coefficient (Wildman–Crippen LogP) is 3.18. The third-order valence-corrected chi connectivity index (χ3v) is 7.22. The molecule has 192 valence electrons. The van der Waals surface area contributed by atoms with Crippen LogP contribution in [0.4, 0.5) is 13.2 Å². The number of piperidine rings is 1. The molecule has 1 aromatic heterocycles. The zero-order chi connectivity index (χ0) is 25.3. The van der Waals surface area contributed by atoms with Crippen LogP contribution in [0.5, 0.6) is 5.75 Å². The molecule has 3 aliphatic heterocycles. The lowest BCUT2D eigenvalue weighted by atomic mass is 10.1. The molecule has 1 unspecified atom stereocenters. The highest BCUT2D eigenvalue weighted by atomic mass is 32.2. The lowest BCUT2D eigenvalue weighted by molar-refractivity contribution is -0.139. The summed E-state index contributed by atoms with van der Waals surface area (Å²) in [4.78, 5) is 22.2. The maximum absolute atomic E-state index is 13.3. The molecule has 3 aliphatic rings. The first-order chi connectivity index (χ1) is 17.3. The van der Waals surface area contributed by atoms with Crippen molar-refractivity contribution in [2.45, 2.75) is 44.1 Å². The van der Waals surface area contributed by atoms with Gasteiger partial charge in [-0.1, -0.05) is 23.9 Å². The second-order valence-electron chi connectivity index (χ2n) is 8.73. The van der Waals surface area contributed by atoms with Gasteiger partial charge in [0.1, 0.15) is 17.6 Å². The number of carbonyl (C=O) groups is 1. The number of aryl methyl sites for hydroxylation is 1. The Bertz CT molecular complexity index is 1180. The summed E-state index contributed by atoms with van der Waals surface area (Å²) in [5.41, 5.74) is -0.495. The number of likely N-dealkylation sites (tertiary alicyclic amines) is 1. The van der Waals surface area contributed by atoms with Crippen molar-refractivity contribution in [2.75, 3.05) is 26.3 Å². The van der Waals surface area contributed by atoms with Crippen molar-refractivity contribution in [3.63, 3.8) is 0 Å². The number of ketones is 1. The van der Waals surface area contributed by atoms with Gasteiger partial charge < -0.3 is 14.1 Å². The number of alkyl halides is 3. The molecule has 9 nitrogen and oxygen atoms in total. The largest absolute Gasteiger partial charge is 0.490 e. The molecule has 1 aromatic carbocycles. The maximum atomic E-state index is 13.3. The van der Waals surface area contributed by atoms with E-state index in [1.54, 1.807) is 13.0 Å². The fraction of sp³-hybridized carbons (Fsp3) is 0.478. The Kier molecular flexibility index (Phi) is 7.04. The van der Waals surface area contributed by atoms with Crippen LogP contribution in [0.3, 0.4) is 0 Å². The summed E-state index contributed by atoms with van der Waals surface area (Å²) in [7, 11) is 0. The molecule has 0 saturated carbocycles. The maximum Gasteiger partial charge on any atom is 0.419 e. The van der Waals surface area contributed by atoms with E-state index >= 15 is 0 Å². The van der Waals surface area contributed by atoms with Crippen molar-refractivity contribution < 1.29 is 27.1 Å². The average Bonchev–Trinajstić information content (AvgIpc) is 3.46. The van der Waals surface area contributed by atoms with Crippen LogP contribution < -0.4 is 10.1 Å². The Morgan fingerprint density at radius 3 is 2.72 bits per heavy atom. The van der Waals surface area contributed by atoms with Crippen LogP contribution in [0.1, 0.15) is 30.2 Å². The Hall–Kier alpha value is -2.90. The minimum absolute atomic E-state index is 0.0417. The van der Waals surface area contributed by atoms with E-state index in [1.807, 2.05) is 11.1 Å². The third-order valence-electron chi connectivity index (χ3n) is 6.05. The van der Waals surface area contributed by atoms with Gasteiger partial charge in [0.25, 0.3) is 0 Å². The summed E-state index contributed by atoms with van der Waals surface area (Å²) in [6.45, 7) is 4.02. The van der Waals surface area contributed by atoms with Crippen molar-refractivity contribution in [1.29, 1.82) is 0 Å². The number of rotatable bonds is 7. The van der Waals surface area contributed by atoms with Gasteiger partial charge >= 0.3 is 6.18 Å². The van der Waals surface area contributed by atoms with Crippen molar-refractivity contribution in [1.82, 2.24) is 25.3 Å². The quantitative estimate of drug-likeness (QED) is 0.588. The Morgan fingerprint density at radius 2 is 2.00 bits per heavy atom. The summed E-state index contributed by atoms with van der Waals surface area (Å²) >= 11 is 1.52. The van der Waals surface area contributed by atoms with Crippen LogP contribution in [0.2, 0.25) is 0 Å². The van der Waals surface area contributed by atoms with Gasteiger partial charge in [-0.05, 0) is 25.0 Å². The fourth-order valence-electron chi connectivity index (χ4n) is 4.31. The van der Waals surface area contributed by atoms with Crippen LogP contribution in [0, 0.1) is 6.92 Å². The number of aromatic nitrogens is 2. The standard InChI is InChI=1S/C23H25F3N6O3S/c1-14-29-30-20(34-14)10-27-13-31-11-17(33)21-19(12-31)36-22(28-21)32-8-6-15(7-9-32)35-18-5-3-2-4-16(18)23(24,25)26/h2-5,12,15,22,27H,6-11,13H2,1H3. The number of carbonyl (C=O) groups excluding carboxylic acids is 1. The van der Waals surface area contributed by atoms with Crippen molar-refractivity contribution in [2.24, 2.45) is 4.99 Å². The average molecular weight is 523 g/mol. The molecule has 13 heteroatoms. The van der Waals surface area contributed by atoms with Crippen molar-refractivity contribution >= 4 is 23.3 Å². The number of aliphatic imine (C=N–C) groups is 1. The van der Waals surface area contributed by atoms with Gasteiger partial charge in [0.2, 0.25) is 17.6 Å². The Labute approximate surface area is 209 Å². The lowest BCUT2D eigenvalue weighted by Crippen LogP contribution is -2.41. The normalized spacial score (nSPS) is 21.4. The lowest BCUT2D eigenvalue weighted by Gasteiger charge is -2.34. The SMILES string of the molecule is Cc1nnc(CNCN2C=C3SC(N4CCC(Oc5ccccc5C(F)(F)F)CC4)N=C3C(=O)C2)o1. The molecule has 2 aromatic rings. The summed E-state index contributed by atoms with van der Waals surface area (Å²) in [6.07, 6.45) is -1.68. The number of para-hydroxylation sites is 1. The molecule has 1 saturated heterocycles. The molecular weight excluding hydrogens is 497 g/mol. The minimum Gasteiger partial charge on any atom is -0.490 e. The Morgan fingerprint density at radius 1 is 1.22 bits per heavy atom. The number of halogens is 3. The second-order valence-corrected chi connectivity index (χ2v) is 9.83. The van der Waals surface area contributed by atoms with E-state index in [-0.39, 0.29) is 29.7 Å². The molecule has 0 spiro atoms. The molecule has 5 rings (SSSR count). The highest BCUT2D eigenvalue weighted by Crippen LogP contribution is 2.39. The first-order valence-electron chi connectivity index (χ1n) is 11.6. The van der Waals surface area contributed by atoms with Gasteiger partial charge in [-0.25, -0.2) is 4.99 Å². The van der Waals surface area contributed by atoms with E-state index in [9.17, 15) is 18.0 Å². The molecular formula is C23H25F3N6O3S. The molecule has 4 heterocycles. The number of ether oxygens (including phenoxy) is 1. The number of hydrogen-bond acceptors (Lipinski definition) is 10. The Balaban J connectivity index is 1.14. The molecule has 0 bridgehead atoms. The molecule has 36 heavy (non-hydrogen) atoms. The van der Waals surface area contributed by atoms with Crippen LogP contribution in [-0.4, -0.2) is 69.4 Å². The molecule has 1 atom stereocenters. The zero-order valence-corrected chi connectivity index (χ0v) is 20.3. The molecule has 0 radical (unpaired) electrons. The highest BCUT2D eigenvalue weighted by molar-refractivity contribution is 8.05. The van der Waals surface area contributed by atoms with E-state index in [4.69, 9.17) is 9.15 Å². The predicted molar refractivity (Wildman–Crippen MR) is 126 cm³/mol. The smallest absolute Gasteiger partial charge is 0.419 e. The molecule has 1 fully saturated rings. The van der Waals surface area contributed by atoms with Gasteiger partial charge in [-0.15, -0.1) is 10.2 Å². The monoisotopic (exact) mass is 522 g/mol. The molecule has 1 N–H and O–H groups in total. The first kappa shape index (κ1) is 24.8. The van der Waals surface area contributed by atoms with Gasteiger partial charge in [0.05, 0.1) is 30.2 Å². The van der Waals surface area contributed by atoms with E-state index in [1.165, 1.54) is 23.9 Å². The number of fused-ring (bicyclic) bond motifs is 1. The zero-order valence-electron chi connectivity index (χ0n) is 19.5. The van der Waals surface area contributed by atoms with Crippen molar-refractivity contribution in [3.05, 3.63) is 52.7 Å². The van der Waals surface area contributed by atoms with Crippen LogP contribution in [-0.2, 0) is 17.5 Å².